The van der Waals surface area contributed by atoms with Crippen LogP contribution >= 0.6 is 0 Å². The van der Waals surface area contributed by atoms with Gasteiger partial charge in [0.15, 0.2) is 0 Å². The second-order valence-corrected chi connectivity index (χ2v) is 12.2. The minimum atomic E-state index is -3.76. The Morgan fingerprint density at radius 1 is 0.872 bits per heavy atom. The molecule has 1 saturated carbocycles. The maximum Gasteiger partial charge on any atom is 0.244 e. The van der Waals surface area contributed by atoms with Crippen LogP contribution in [0.1, 0.15) is 42.4 Å². The molecule has 1 aliphatic carbocycles. The summed E-state index contributed by atoms with van der Waals surface area (Å²) in [5.74, 6) is -0.649. The average molecular weight is 548 g/mol. The van der Waals surface area contributed by atoms with E-state index >= 15 is 0 Å². The molecule has 8 heteroatoms. The molecule has 1 N–H and O–H groups in total. The van der Waals surface area contributed by atoms with Crippen LogP contribution in [-0.4, -0.2) is 50.0 Å². The normalized spacial score (nSPS) is 14.5. The highest BCUT2D eigenvalue weighted by Gasteiger charge is 2.34. The Hall–Kier alpha value is -3.65. The molecule has 0 aliphatic heterocycles. The number of amides is 2. The van der Waals surface area contributed by atoms with Gasteiger partial charge in [-0.2, -0.15) is 0 Å². The zero-order valence-electron chi connectivity index (χ0n) is 22.6. The number of hydrogen-bond acceptors (Lipinski definition) is 4. The molecule has 0 saturated heterocycles. The quantitative estimate of drug-likeness (QED) is 0.384. The van der Waals surface area contributed by atoms with Crippen molar-refractivity contribution in [2.75, 3.05) is 17.1 Å². The van der Waals surface area contributed by atoms with E-state index in [0.29, 0.717) is 12.1 Å². The second kappa shape index (κ2) is 12.9. The Bertz CT molecular complexity index is 1340. The number of sulfonamides is 1. The third kappa shape index (κ3) is 7.93. The van der Waals surface area contributed by atoms with Crippen LogP contribution in [0.3, 0.4) is 0 Å². The SMILES string of the molecule is Cc1ccc(CN(C(=O)CN(c2ccccc2)S(C)(=O)=O)[C@@H](Cc2ccccc2)C(=O)NC2CCCC2)cc1. The molecule has 0 bridgehead atoms. The molecule has 7 nitrogen and oxygen atoms in total. The summed E-state index contributed by atoms with van der Waals surface area (Å²) in [5, 5.41) is 3.18. The maximum absolute atomic E-state index is 14.1. The third-order valence-corrected chi connectivity index (χ3v) is 8.31. The summed E-state index contributed by atoms with van der Waals surface area (Å²) in [4.78, 5) is 29.4. The number of carbonyl (C=O) groups is 2. The molecule has 4 rings (SSSR count). The Balaban J connectivity index is 1.70. The van der Waals surface area contributed by atoms with Gasteiger partial charge in [0.1, 0.15) is 12.6 Å². The summed E-state index contributed by atoms with van der Waals surface area (Å²) in [6.07, 6.45) is 5.39. The fraction of sp³-hybridized carbons (Fsp3) is 0.355. The summed E-state index contributed by atoms with van der Waals surface area (Å²) < 4.78 is 26.7. The van der Waals surface area contributed by atoms with E-state index in [-0.39, 0.29) is 18.5 Å². The van der Waals surface area contributed by atoms with Gasteiger partial charge in [0, 0.05) is 19.0 Å². The van der Waals surface area contributed by atoms with Crippen molar-refractivity contribution in [3.05, 3.63) is 102 Å². The van der Waals surface area contributed by atoms with Crippen LogP contribution in [0.15, 0.2) is 84.9 Å². The largest absolute Gasteiger partial charge is 0.352 e. The van der Waals surface area contributed by atoms with Crippen LogP contribution in [0.25, 0.3) is 0 Å². The van der Waals surface area contributed by atoms with Crippen LogP contribution in [0.2, 0.25) is 0 Å². The molecule has 0 aromatic heterocycles. The summed E-state index contributed by atoms with van der Waals surface area (Å²) in [5.41, 5.74) is 3.28. The van der Waals surface area contributed by atoms with Crippen LogP contribution in [0.5, 0.6) is 0 Å². The number of benzene rings is 3. The molecule has 0 unspecified atom stereocenters. The van der Waals surface area contributed by atoms with Gasteiger partial charge < -0.3 is 10.2 Å². The molecule has 0 radical (unpaired) electrons. The average Bonchev–Trinajstić information content (AvgIpc) is 3.43. The molecule has 206 valence electrons. The van der Waals surface area contributed by atoms with Gasteiger partial charge in [0.05, 0.1) is 11.9 Å². The van der Waals surface area contributed by atoms with Crippen molar-refractivity contribution in [1.82, 2.24) is 10.2 Å². The zero-order chi connectivity index (χ0) is 27.8. The standard InChI is InChI=1S/C31H37N3O4S/c1-24-17-19-26(20-18-24)22-33(30(35)23-34(39(2,37)38)28-15-7-4-8-16-28)29(21-25-11-5-3-6-12-25)31(36)32-27-13-9-10-14-27/h3-8,11-12,15-20,27,29H,9-10,13-14,21-23H2,1-2H3,(H,32,36)/t29-/m0/s1. The highest BCUT2D eigenvalue weighted by molar-refractivity contribution is 7.92. The van der Waals surface area contributed by atoms with Crippen molar-refractivity contribution < 1.29 is 18.0 Å². The number of anilines is 1. The lowest BCUT2D eigenvalue weighted by molar-refractivity contribution is -0.140. The monoisotopic (exact) mass is 547 g/mol. The molecule has 1 fully saturated rings. The van der Waals surface area contributed by atoms with Crippen molar-refractivity contribution >= 4 is 27.5 Å². The number of hydrogen-bond donors (Lipinski definition) is 1. The molecular weight excluding hydrogens is 510 g/mol. The molecule has 2 amide bonds. The van der Waals surface area contributed by atoms with Crippen molar-refractivity contribution in [2.45, 2.75) is 57.7 Å². The molecule has 1 atom stereocenters. The van der Waals surface area contributed by atoms with E-state index in [1.807, 2.05) is 61.5 Å². The van der Waals surface area contributed by atoms with Gasteiger partial charge in [-0.25, -0.2) is 8.42 Å². The first kappa shape index (κ1) is 28.4. The van der Waals surface area contributed by atoms with E-state index in [1.165, 1.54) is 0 Å². The van der Waals surface area contributed by atoms with Gasteiger partial charge >= 0.3 is 0 Å². The van der Waals surface area contributed by atoms with E-state index in [4.69, 9.17) is 0 Å². The summed E-state index contributed by atoms with van der Waals surface area (Å²) in [7, 11) is -3.76. The van der Waals surface area contributed by atoms with Gasteiger partial charge in [-0.1, -0.05) is 91.2 Å². The summed E-state index contributed by atoms with van der Waals surface area (Å²) >= 11 is 0. The summed E-state index contributed by atoms with van der Waals surface area (Å²) in [6.45, 7) is 1.77. The van der Waals surface area contributed by atoms with Crippen molar-refractivity contribution in [3.8, 4) is 0 Å². The Labute approximate surface area is 231 Å². The fourth-order valence-corrected chi connectivity index (χ4v) is 5.87. The van der Waals surface area contributed by atoms with E-state index in [9.17, 15) is 18.0 Å². The van der Waals surface area contributed by atoms with E-state index in [0.717, 1.165) is 52.9 Å². The molecule has 3 aromatic carbocycles. The molecule has 3 aromatic rings. The summed E-state index contributed by atoms with van der Waals surface area (Å²) in [6, 6.07) is 25.3. The highest BCUT2D eigenvalue weighted by Crippen LogP contribution is 2.22. The smallest absolute Gasteiger partial charge is 0.244 e. The third-order valence-electron chi connectivity index (χ3n) is 7.17. The van der Waals surface area contributed by atoms with Gasteiger partial charge in [-0.05, 0) is 43.0 Å². The highest BCUT2D eigenvalue weighted by atomic mass is 32.2. The molecule has 0 heterocycles. The van der Waals surface area contributed by atoms with Crippen LogP contribution in [-0.2, 0) is 32.6 Å². The lowest BCUT2D eigenvalue weighted by Crippen LogP contribution is -2.54. The molecule has 0 spiro atoms. The lowest BCUT2D eigenvalue weighted by Gasteiger charge is -2.34. The second-order valence-electron chi connectivity index (χ2n) is 10.3. The first-order valence-electron chi connectivity index (χ1n) is 13.4. The molecular formula is C31H37N3O4S. The number of rotatable bonds is 11. The van der Waals surface area contributed by atoms with E-state index in [2.05, 4.69) is 5.32 Å². The minimum Gasteiger partial charge on any atom is -0.352 e. The van der Waals surface area contributed by atoms with Crippen LogP contribution in [0, 0.1) is 6.92 Å². The maximum atomic E-state index is 14.1. The van der Waals surface area contributed by atoms with Gasteiger partial charge in [0.25, 0.3) is 0 Å². The zero-order valence-corrected chi connectivity index (χ0v) is 23.4. The predicted octanol–water partition coefficient (Wildman–Crippen LogP) is 4.46. The Morgan fingerprint density at radius 2 is 1.46 bits per heavy atom. The topological polar surface area (TPSA) is 86.8 Å². The minimum absolute atomic E-state index is 0.0870. The number of carbonyl (C=O) groups excluding carboxylic acids is 2. The van der Waals surface area contributed by atoms with Crippen LogP contribution < -0.4 is 9.62 Å². The number of nitrogens with zero attached hydrogens (tertiary/aromatic N) is 2. The van der Waals surface area contributed by atoms with Gasteiger partial charge in [0.2, 0.25) is 21.8 Å². The lowest BCUT2D eigenvalue weighted by atomic mass is 10.0. The first-order chi connectivity index (χ1) is 18.7. The van der Waals surface area contributed by atoms with E-state index in [1.54, 1.807) is 35.2 Å². The van der Waals surface area contributed by atoms with E-state index < -0.39 is 28.5 Å². The molecule has 1 aliphatic rings. The first-order valence-corrected chi connectivity index (χ1v) is 15.3. The van der Waals surface area contributed by atoms with Crippen LogP contribution in [0.4, 0.5) is 5.69 Å². The molecule has 39 heavy (non-hydrogen) atoms. The van der Waals surface area contributed by atoms with Crippen molar-refractivity contribution in [3.63, 3.8) is 0 Å². The number of nitrogens with one attached hydrogen (secondary N) is 1. The van der Waals surface area contributed by atoms with Crippen molar-refractivity contribution in [2.24, 2.45) is 0 Å². The Morgan fingerprint density at radius 3 is 2.05 bits per heavy atom. The fourth-order valence-electron chi connectivity index (χ4n) is 5.02. The number of aryl methyl sites for hydroxylation is 1. The predicted molar refractivity (Wildman–Crippen MR) is 155 cm³/mol. The van der Waals surface area contributed by atoms with Gasteiger partial charge in [-0.3, -0.25) is 13.9 Å². The number of para-hydroxylation sites is 1. The van der Waals surface area contributed by atoms with Crippen molar-refractivity contribution in [1.29, 1.82) is 0 Å². The Kier molecular flexibility index (Phi) is 9.41. The van der Waals surface area contributed by atoms with Gasteiger partial charge in [-0.15, -0.1) is 0 Å².